The Labute approximate surface area is 135 Å². The molecule has 0 saturated heterocycles. The number of fused-ring (bicyclic) bond motifs is 1. The minimum absolute atomic E-state index is 0.0928. The molecule has 0 radical (unpaired) electrons. The lowest BCUT2D eigenvalue weighted by molar-refractivity contribution is -0.268. The number of aromatic nitrogens is 1. The number of carboxylic acid groups (broad SMARTS) is 2. The van der Waals surface area contributed by atoms with Crippen LogP contribution in [0.4, 0.5) is 11.4 Å². The molecule has 3 rings (SSSR count). The second-order valence-electron chi connectivity index (χ2n) is 5.02. The van der Waals surface area contributed by atoms with E-state index in [2.05, 4.69) is 10.3 Å². The van der Waals surface area contributed by atoms with Crippen LogP contribution in [0.15, 0.2) is 48.7 Å². The number of rotatable bonds is 4. The number of carboxylic acids is 2. The average molecular weight is 322 g/mol. The van der Waals surface area contributed by atoms with Gasteiger partial charge in [-0.15, -0.1) is 5.75 Å². The Kier molecular flexibility index (Phi) is 3.75. The van der Waals surface area contributed by atoms with E-state index in [0.29, 0.717) is 16.6 Å². The predicted molar refractivity (Wildman–Crippen MR) is 82.2 cm³/mol. The molecule has 0 aliphatic rings. The quantitative estimate of drug-likeness (QED) is 0.737. The highest BCUT2D eigenvalue weighted by Gasteiger charge is 2.15. The summed E-state index contributed by atoms with van der Waals surface area (Å²) < 4.78 is 0. The van der Waals surface area contributed by atoms with Crippen molar-refractivity contribution in [3.05, 3.63) is 59.8 Å². The van der Waals surface area contributed by atoms with Crippen LogP contribution >= 0.6 is 0 Å². The maximum Gasteiger partial charge on any atom is 0.339 e. The van der Waals surface area contributed by atoms with Crippen LogP contribution < -0.4 is 15.5 Å². The summed E-state index contributed by atoms with van der Waals surface area (Å²) in [6.07, 6.45) is 1.19. The highest BCUT2D eigenvalue weighted by molar-refractivity contribution is 6.06. The molecule has 0 atom stereocenters. The molecule has 2 aromatic carbocycles. The van der Waals surface area contributed by atoms with Crippen LogP contribution in [0, 0.1) is 0 Å². The number of carbonyl (C=O) groups excluding carboxylic acids is 1. The normalized spacial score (nSPS) is 10.5. The van der Waals surface area contributed by atoms with Gasteiger partial charge in [0.2, 0.25) is 0 Å². The van der Waals surface area contributed by atoms with Crippen molar-refractivity contribution in [2.45, 2.75) is 0 Å². The average Bonchev–Trinajstić information content (AvgIpc) is 2.56. The molecule has 0 fully saturated rings. The fourth-order valence-electron chi connectivity index (χ4n) is 2.30. The molecule has 1 aromatic heterocycles. The molecule has 3 aromatic rings. The number of hydrogen-bond donors (Lipinski definition) is 2. The molecular weight excluding hydrogens is 312 g/mol. The largest absolute Gasteiger partial charge is 0.872 e. The van der Waals surface area contributed by atoms with Gasteiger partial charge in [-0.1, -0.05) is 18.2 Å². The Hall–Kier alpha value is -3.61. The molecule has 0 bridgehead atoms. The van der Waals surface area contributed by atoms with Crippen LogP contribution in [-0.2, 0) is 0 Å². The number of carbonyl (C=O) groups is 2. The van der Waals surface area contributed by atoms with Crippen molar-refractivity contribution in [3.8, 4) is 5.75 Å². The summed E-state index contributed by atoms with van der Waals surface area (Å²) in [5.41, 5.74) is 0.889. The Balaban J connectivity index is 2.22. The fraction of sp³-hybridized carbons (Fsp3) is 0. The zero-order valence-electron chi connectivity index (χ0n) is 12.1. The van der Waals surface area contributed by atoms with Crippen molar-refractivity contribution in [2.24, 2.45) is 0 Å². The smallest absolute Gasteiger partial charge is 0.339 e. The lowest BCUT2D eigenvalue weighted by Gasteiger charge is -2.15. The number of hydrogen-bond acceptors (Lipinski definition) is 6. The number of pyridine rings is 1. The van der Waals surface area contributed by atoms with Gasteiger partial charge in [0, 0.05) is 17.3 Å². The van der Waals surface area contributed by atoms with Gasteiger partial charge in [0.25, 0.3) is 0 Å². The highest BCUT2D eigenvalue weighted by atomic mass is 16.4. The van der Waals surface area contributed by atoms with Crippen molar-refractivity contribution in [2.75, 3.05) is 5.32 Å². The third kappa shape index (κ3) is 2.82. The molecule has 0 aliphatic heterocycles. The third-order valence-corrected chi connectivity index (χ3v) is 3.46. The van der Waals surface area contributed by atoms with Gasteiger partial charge in [-0.2, -0.15) is 0 Å². The summed E-state index contributed by atoms with van der Waals surface area (Å²) >= 11 is 0. The van der Waals surface area contributed by atoms with Gasteiger partial charge in [-0.05, 0) is 29.8 Å². The van der Waals surface area contributed by atoms with Crippen molar-refractivity contribution < 1.29 is 24.9 Å². The number of anilines is 2. The SMILES string of the molecule is O=C([O-])c1ccc2ncc(C(=O)O)c(Nc3ccc([O-])cc3)c2c1. The Morgan fingerprint density at radius 2 is 1.79 bits per heavy atom. The Bertz CT molecular complexity index is 946. The molecule has 0 unspecified atom stereocenters. The van der Waals surface area contributed by atoms with Crippen LogP contribution in [0.25, 0.3) is 10.9 Å². The van der Waals surface area contributed by atoms with Crippen LogP contribution in [0.2, 0.25) is 0 Å². The highest BCUT2D eigenvalue weighted by Crippen LogP contribution is 2.30. The molecule has 2 N–H and O–H groups in total. The zero-order chi connectivity index (χ0) is 17.3. The van der Waals surface area contributed by atoms with Gasteiger partial charge < -0.3 is 25.4 Å². The standard InChI is InChI=1S/C17H12N2O5/c20-11-4-2-10(3-5-11)19-15-12-7-9(16(21)22)1-6-14(12)18-8-13(15)17(23)24/h1-8,20H,(H,18,19)(H,21,22)(H,23,24)/p-2. The minimum Gasteiger partial charge on any atom is -0.872 e. The first-order chi connectivity index (χ1) is 11.5. The molecule has 0 amide bonds. The summed E-state index contributed by atoms with van der Waals surface area (Å²) in [5.74, 6) is -2.77. The Morgan fingerprint density at radius 3 is 2.42 bits per heavy atom. The fourth-order valence-corrected chi connectivity index (χ4v) is 2.30. The third-order valence-electron chi connectivity index (χ3n) is 3.46. The summed E-state index contributed by atoms with van der Waals surface area (Å²) in [6, 6.07) is 9.77. The maximum absolute atomic E-state index is 11.5. The van der Waals surface area contributed by atoms with E-state index in [4.69, 9.17) is 0 Å². The van der Waals surface area contributed by atoms with Crippen LogP contribution in [-0.4, -0.2) is 22.0 Å². The first-order valence-corrected chi connectivity index (χ1v) is 6.87. The van der Waals surface area contributed by atoms with Gasteiger partial charge in [0.1, 0.15) is 5.56 Å². The molecule has 24 heavy (non-hydrogen) atoms. The molecule has 1 heterocycles. The lowest BCUT2D eigenvalue weighted by Crippen LogP contribution is -2.22. The van der Waals surface area contributed by atoms with E-state index in [-0.39, 0.29) is 22.6 Å². The van der Waals surface area contributed by atoms with Crippen LogP contribution in [0.1, 0.15) is 20.7 Å². The molecule has 7 heteroatoms. The molecule has 0 saturated carbocycles. The Morgan fingerprint density at radius 1 is 1.08 bits per heavy atom. The molecule has 0 spiro atoms. The minimum atomic E-state index is -1.38. The molecule has 120 valence electrons. The van der Waals surface area contributed by atoms with E-state index in [9.17, 15) is 24.9 Å². The summed E-state index contributed by atoms with van der Waals surface area (Å²) in [6.45, 7) is 0. The van der Waals surface area contributed by atoms with E-state index in [1.54, 1.807) is 0 Å². The number of nitrogens with zero attached hydrogens (tertiary/aromatic N) is 1. The van der Waals surface area contributed by atoms with Crippen molar-refractivity contribution in [3.63, 3.8) is 0 Å². The number of aromatic carboxylic acids is 2. The topological polar surface area (TPSA) is 125 Å². The van der Waals surface area contributed by atoms with E-state index >= 15 is 0 Å². The van der Waals surface area contributed by atoms with E-state index in [0.717, 1.165) is 0 Å². The maximum atomic E-state index is 11.5. The second kappa shape index (κ2) is 5.88. The first kappa shape index (κ1) is 15.3. The summed E-state index contributed by atoms with van der Waals surface area (Å²) in [5, 5.41) is 34.9. The van der Waals surface area contributed by atoms with Crippen LogP contribution in [0.5, 0.6) is 5.75 Å². The van der Waals surface area contributed by atoms with Crippen LogP contribution in [0.3, 0.4) is 0 Å². The number of nitrogens with one attached hydrogen (secondary N) is 1. The van der Waals surface area contributed by atoms with Gasteiger partial charge in [-0.3, -0.25) is 4.98 Å². The first-order valence-electron chi connectivity index (χ1n) is 6.87. The molecular formula is C17H10N2O5-2. The van der Waals surface area contributed by atoms with E-state index in [1.807, 2.05) is 0 Å². The van der Waals surface area contributed by atoms with Gasteiger partial charge >= 0.3 is 5.97 Å². The second-order valence-corrected chi connectivity index (χ2v) is 5.02. The van der Waals surface area contributed by atoms with Gasteiger partial charge in [-0.25, -0.2) is 4.79 Å². The molecule has 0 aliphatic carbocycles. The number of benzene rings is 2. The van der Waals surface area contributed by atoms with E-state index < -0.39 is 11.9 Å². The molecule has 7 nitrogen and oxygen atoms in total. The monoisotopic (exact) mass is 322 g/mol. The van der Waals surface area contributed by atoms with Gasteiger partial charge in [0.15, 0.2) is 0 Å². The van der Waals surface area contributed by atoms with E-state index in [1.165, 1.54) is 48.7 Å². The van der Waals surface area contributed by atoms with Gasteiger partial charge in [0.05, 0.1) is 17.2 Å². The van der Waals surface area contributed by atoms with Crippen molar-refractivity contribution in [1.29, 1.82) is 0 Å². The predicted octanol–water partition coefficient (Wildman–Crippen LogP) is 1.11. The van der Waals surface area contributed by atoms with Crippen molar-refractivity contribution in [1.82, 2.24) is 4.98 Å². The van der Waals surface area contributed by atoms with Crippen molar-refractivity contribution >= 4 is 34.2 Å². The lowest BCUT2D eigenvalue weighted by atomic mass is 10.1. The zero-order valence-corrected chi connectivity index (χ0v) is 12.1. The summed E-state index contributed by atoms with van der Waals surface area (Å²) in [4.78, 5) is 26.6. The summed E-state index contributed by atoms with van der Waals surface area (Å²) in [7, 11) is 0.